The zero-order valence-electron chi connectivity index (χ0n) is 3.98. The minimum atomic E-state index is -0.553. The van der Waals surface area contributed by atoms with E-state index in [1.165, 1.54) is 0 Å². The van der Waals surface area contributed by atoms with Crippen LogP contribution in [0.5, 0.6) is 0 Å². The number of allylic oxidation sites excluding steroid dienone is 1. The number of hydrogen-bond donors (Lipinski definition) is 2. The lowest BCUT2D eigenvalue weighted by molar-refractivity contribution is 0.188. The van der Waals surface area contributed by atoms with Crippen molar-refractivity contribution in [2.75, 3.05) is 0 Å². The molecule has 0 aromatic rings. The van der Waals surface area contributed by atoms with E-state index in [0.717, 1.165) is 0 Å². The molecule has 0 aromatic carbocycles. The topological polar surface area (TPSA) is 40.5 Å². The van der Waals surface area contributed by atoms with Crippen LogP contribution in [0.25, 0.3) is 0 Å². The molecular formula is C4H7IO2. The molecule has 0 rings (SSSR count). The van der Waals surface area contributed by atoms with Gasteiger partial charge < -0.3 is 10.2 Å². The smallest absolute Gasteiger partial charge is 0.283 e. The minimum Gasteiger partial charge on any atom is -0.481 e. The van der Waals surface area contributed by atoms with E-state index in [9.17, 15) is 0 Å². The van der Waals surface area contributed by atoms with Gasteiger partial charge in [0.25, 0.3) is 5.95 Å². The van der Waals surface area contributed by atoms with Crippen molar-refractivity contribution in [3.8, 4) is 0 Å². The highest BCUT2D eigenvalue weighted by atomic mass is 127. The first-order valence-corrected chi connectivity index (χ1v) is 3.03. The number of aliphatic hydroxyl groups excluding tert-OH is 1. The summed E-state index contributed by atoms with van der Waals surface area (Å²) in [5.41, 5.74) is 0. The highest BCUT2D eigenvalue weighted by Crippen LogP contribution is 2.11. The van der Waals surface area contributed by atoms with Crippen molar-refractivity contribution in [3.63, 3.8) is 0 Å². The van der Waals surface area contributed by atoms with Crippen molar-refractivity contribution in [1.82, 2.24) is 0 Å². The normalized spacial score (nSPS) is 8.29. The van der Waals surface area contributed by atoms with Crippen LogP contribution in [-0.4, -0.2) is 10.2 Å². The first-order chi connectivity index (χ1) is 3.18. The minimum absolute atomic E-state index is 0.553. The predicted octanol–water partition coefficient (Wildman–Crippen LogP) is 2.12. The summed E-state index contributed by atoms with van der Waals surface area (Å²) in [6.45, 7) is 1.86. The van der Waals surface area contributed by atoms with Gasteiger partial charge in [0.05, 0.1) is 3.58 Å². The van der Waals surface area contributed by atoms with Gasteiger partial charge in [-0.3, -0.25) is 0 Å². The Labute approximate surface area is 56.0 Å². The average Bonchev–Trinajstić information content (AvgIpc) is 1.65. The van der Waals surface area contributed by atoms with Crippen LogP contribution in [0.2, 0.25) is 0 Å². The molecule has 0 saturated heterocycles. The molecule has 0 heterocycles. The van der Waals surface area contributed by atoms with Crippen molar-refractivity contribution in [3.05, 3.63) is 9.53 Å². The maximum atomic E-state index is 8.25. The Bertz CT molecular complexity index is 83.7. The third-order valence-electron chi connectivity index (χ3n) is 0.553. The second kappa shape index (κ2) is 3.12. The predicted molar refractivity (Wildman–Crippen MR) is 36.6 cm³/mol. The van der Waals surface area contributed by atoms with Crippen molar-refractivity contribution >= 4 is 22.6 Å². The Kier molecular flexibility index (Phi) is 3.15. The molecule has 2 N–H and O–H groups in total. The molecule has 0 atom stereocenters. The van der Waals surface area contributed by atoms with Gasteiger partial charge in [0.2, 0.25) is 0 Å². The fourth-order valence-electron chi connectivity index (χ4n) is 0.158. The number of rotatable bonds is 1. The Hall–Kier alpha value is 0.0700. The zero-order valence-corrected chi connectivity index (χ0v) is 6.14. The van der Waals surface area contributed by atoms with E-state index in [2.05, 4.69) is 0 Å². The number of aliphatic hydroxyl groups is 2. The molecule has 0 aliphatic rings. The maximum absolute atomic E-state index is 8.25. The number of hydrogen-bond acceptors (Lipinski definition) is 2. The van der Waals surface area contributed by atoms with Crippen molar-refractivity contribution in [2.45, 2.75) is 13.3 Å². The summed E-state index contributed by atoms with van der Waals surface area (Å²) in [7, 11) is 0. The van der Waals surface area contributed by atoms with Gasteiger partial charge in [-0.2, -0.15) is 0 Å². The summed E-state index contributed by atoms with van der Waals surface area (Å²) in [6, 6.07) is 0. The summed E-state index contributed by atoms with van der Waals surface area (Å²) in [5.74, 6) is -0.553. The van der Waals surface area contributed by atoms with Crippen molar-refractivity contribution < 1.29 is 10.2 Å². The van der Waals surface area contributed by atoms with Crippen LogP contribution in [0.3, 0.4) is 0 Å². The van der Waals surface area contributed by atoms with Crippen LogP contribution in [0.4, 0.5) is 0 Å². The van der Waals surface area contributed by atoms with E-state index in [-0.39, 0.29) is 0 Å². The highest BCUT2D eigenvalue weighted by molar-refractivity contribution is 14.1. The van der Waals surface area contributed by atoms with Crippen molar-refractivity contribution in [1.29, 1.82) is 0 Å². The Morgan fingerprint density at radius 1 is 1.57 bits per heavy atom. The molecule has 0 unspecified atom stereocenters. The highest BCUT2D eigenvalue weighted by Gasteiger charge is 1.92. The SMILES string of the molecule is CCC(I)=C(O)O. The molecule has 2 nitrogen and oxygen atoms in total. The van der Waals surface area contributed by atoms with Crippen LogP contribution < -0.4 is 0 Å². The maximum Gasteiger partial charge on any atom is 0.283 e. The second-order valence-electron chi connectivity index (χ2n) is 1.08. The van der Waals surface area contributed by atoms with E-state index >= 15 is 0 Å². The van der Waals surface area contributed by atoms with E-state index < -0.39 is 5.95 Å². The standard InChI is InChI=1S/C4H7IO2/c1-2-3(5)4(6)7/h6-7H,2H2,1H3. The molecule has 0 radical (unpaired) electrons. The van der Waals surface area contributed by atoms with E-state index in [1.54, 1.807) is 0 Å². The van der Waals surface area contributed by atoms with E-state index in [1.807, 2.05) is 29.5 Å². The quantitative estimate of drug-likeness (QED) is 0.518. The Balaban J connectivity index is 3.72. The zero-order chi connectivity index (χ0) is 5.86. The molecule has 0 aliphatic heterocycles. The molecule has 0 bridgehead atoms. The van der Waals surface area contributed by atoms with Gasteiger partial charge >= 0.3 is 0 Å². The first kappa shape index (κ1) is 7.07. The molecule has 0 spiro atoms. The lowest BCUT2D eigenvalue weighted by atomic mass is 10.5. The Morgan fingerprint density at radius 3 is 2.00 bits per heavy atom. The third kappa shape index (κ3) is 2.73. The molecule has 7 heavy (non-hydrogen) atoms. The average molecular weight is 214 g/mol. The van der Waals surface area contributed by atoms with Crippen LogP contribution in [0.1, 0.15) is 13.3 Å². The number of halogens is 1. The molecule has 42 valence electrons. The molecule has 0 amide bonds. The summed E-state index contributed by atoms with van der Waals surface area (Å²) >= 11 is 1.88. The van der Waals surface area contributed by atoms with Crippen molar-refractivity contribution in [2.24, 2.45) is 0 Å². The third-order valence-corrected chi connectivity index (χ3v) is 1.80. The molecule has 0 aliphatic carbocycles. The van der Waals surface area contributed by atoms with Gasteiger partial charge in [-0.1, -0.05) is 6.92 Å². The molecule has 0 fully saturated rings. The summed E-state index contributed by atoms with van der Waals surface area (Å²) in [4.78, 5) is 0. The second-order valence-corrected chi connectivity index (χ2v) is 2.38. The molecule has 3 heteroatoms. The Morgan fingerprint density at radius 2 is 2.00 bits per heavy atom. The fraction of sp³-hybridized carbons (Fsp3) is 0.500. The van der Waals surface area contributed by atoms with Crippen LogP contribution >= 0.6 is 22.6 Å². The van der Waals surface area contributed by atoms with Gasteiger partial charge in [-0.05, 0) is 29.0 Å². The molecule has 0 aromatic heterocycles. The van der Waals surface area contributed by atoms with E-state index in [4.69, 9.17) is 10.2 Å². The molecule has 0 saturated carbocycles. The van der Waals surface area contributed by atoms with Gasteiger partial charge in [0.15, 0.2) is 0 Å². The van der Waals surface area contributed by atoms with Crippen LogP contribution in [0, 0.1) is 0 Å². The molecular weight excluding hydrogens is 207 g/mol. The van der Waals surface area contributed by atoms with Crippen LogP contribution in [-0.2, 0) is 0 Å². The lowest BCUT2D eigenvalue weighted by Gasteiger charge is -1.89. The lowest BCUT2D eigenvalue weighted by Crippen LogP contribution is -1.78. The summed E-state index contributed by atoms with van der Waals surface area (Å²) in [6.07, 6.45) is 0.683. The van der Waals surface area contributed by atoms with Gasteiger partial charge in [0, 0.05) is 0 Å². The largest absolute Gasteiger partial charge is 0.481 e. The summed E-state index contributed by atoms with van der Waals surface area (Å²) in [5, 5.41) is 16.5. The van der Waals surface area contributed by atoms with Crippen LogP contribution in [0.15, 0.2) is 9.53 Å². The van der Waals surface area contributed by atoms with Gasteiger partial charge in [-0.25, -0.2) is 0 Å². The van der Waals surface area contributed by atoms with Gasteiger partial charge in [0.1, 0.15) is 0 Å². The van der Waals surface area contributed by atoms with Gasteiger partial charge in [-0.15, -0.1) is 0 Å². The fourth-order valence-corrected chi connectivity index (χ4v) is 0.158. The monoisotopic (exact) mass is 214 g/mol. The first-order valence-electron chi connectivity index (χ1n) is 1.95. The summed E-state index contributed by atoms with van der Waals surface area (Å²) < 4.78 is 0.595. The van der Waals surface area contributed by atoms with E-state index in [0.29, 0.717) is 10.0 Å².